The highest BCUT2D eigenvalue weighted by atomic mass is 31.2. The second kappa shape index (κ2) is 10.8. The summed E-state index contributed by atoms with van der Waals surface area (Å²) >= 11 is 0. The van der Waals surface area contributed by atoms with Crippen molar-refractivity contribution in [1.82, 2.24) is 14.5 Å². The molecule has 35 heavy (non-hydrogen) atoms. The summed E-state index contributed by atoms with van der Waals surface area (Å²) in [7, 11) is -2.57. The second-order valence-electron chi connectivity index (χ2n) is 8.83. The Morgan fingerprint density at radius 1 is 1.14 bits per heavy atom. The quantitative estimate of drug-likeness (QED) is 0.286. The maximum atomic E-state index is 13.3. The SMILES string of the molecule is C[C@H]1CCC[C@@H](CCn2c(=O)c(P(=O)(O)OCOC(=O)c3ccccc3)nc3ccccc32)N1C. The first-order valence-corrected chi connectivity index (χ1v) is 13.3. The van der Waals surface area contributed by atoms with Crippen molar-refractivity contribution >= 4 is 30.0 Å². The average molecular weight is 500 g/mol. The standard InChI is InChI=1S/C25H30N3O6P/c1-18-9-8-12-20(27(18)2)15-16-28-22-14-7-6-13-21(22)26-23(24(28)29)35(31,32)34-17-33-25(30)19-10-4-3-5-11-19/h3-7,10-11,13-14,18,20H,8-9,12,15-17H2,1-2H3,(H,31,32)/t18-,20-/m0/s1. The van der Waals surface area contributed by atoms with E-state index in [1.54, 1.807) is 54.6 Å². The van der Waals surface area contributed by atoms with Crippen molar-refractivity contribution in [3.63, 3.8) is 0 Å². The third-order valence-electron chi connectivity index (χ3n) is 6.65. The van der Waals surface area contributed by atoms with E-state index in [4.69, 9.17) is 9.26 Å². The van der Waals surface area contributed by atoms with Gasteiger partial charge in [-0.15, -0.1) is 0 Å². The minimum atomic E-state index is -4.67. The Morgan fingerprint density at radius 3 is 2.63 bits per heavy atom. The van der Waals surface area contributed by atoms with Crippen LogP contribution in [-0.2, 0) is 20.4 Å². The number of ether oxygens (including phenoxy) is 1. The Bertz CT molecular complexity index is 1300. The van der Waals surface area contributed by atoms with E-state index in [0.29, 0.717) is 29.7 Å². The van der Waals surface area contributed by atoms with Crippen LogP contribution in [0.15, 0.2) is 59.4 Å². The number of esters is 1. The van der Waals surface area contributed by atoms with E-state index in [0.717, 1.165) is 25.7 Å². The fourth-order valence-corrected chi connectivity index (χ4v) is 5.41. The normalized spacial score (nSPS) is 20.4. The Hall–Kier alpha value is -2.84. The van der Waals surface area contributed by atoms with Crippen LogP contribution in [0.1, 0.15) is 43.0 Å². The van der Waals surface area contributed by atoms with Gasteiger partial charge in [-0.05, 0) is 57.5 Å². The molecule has 1 fully saturated rings. The number of likely N-dealkylation sites (tertiary alicyclic amines) is 1. The molecule has 0 bridgehead atoms. The first-order chi connectivity index (χ1) is 16.8. The molecule has 3 atom stereocenters. The molecule has 1 unspecified atom stereocenters. The van der Waals surface area contributed by atoms with Gasteiger partial charge in [0.2, 0.25) is 12.2 Å². The summed E-state index contributed by atoms with van der Waals surface area (Å²) < 4.78 is 24.5. The van der Waals surface area contributed by atoms with Gasteiger partial charge in [-0.3, -0.25) is 13.9 Å². The first-order valence-electron chi connectivity index (χ1n) is 11.7. The van der Waals surface area contributed by atoms with Crippen LogP contribution in [0.4, 0.5) is 0 Å². The molecule has 0 radical (unpaired) electrons. The lowest BCUT2D eigenvalue weighted by Crippen LogP contribution is -2.44. The maximum Gasteiger partial charge on any atom is 0.385 e. The minimum Gasteiger partial charge on any atom is -0.434 e. The lowest BCUT2D eigenvalue weighted by atomic mass is 9.95. The number of aryl methyl sites for hydroxylation is 1. The van der Waals surface area contributed by atoms with Crippen LogP contribution in [0.2, 0.25) is 0 Å². The predicted octanol–water partition coefficient (Wildman–Crippen LogP) is 3.30. The van der Waals surface area contributed by atoms with Gasteiger partial charge in [0.15, 0.2) is 0 Å². The maximum absolute atomic E-state index is 13.3. The highest BCUT2D eigenvalue weighted by molar-refractivity contribution is 7.60. The zero-order valence-electron chi connectivity index (χ0n) is 19.9. The van der Waals surface area contributed by atoms with Crippen molar-refractivity contribution in [2.75, 3.05) is 13.8 Å². The number of hydrogen-bond donors (Lipinski definition) is 1. The van der Waals surface area contributed by atoms with Gasteiger partial charge in [0, 0.05) is 18.6 Å². The molecule has 186 valence electrons. The van der Waals surface area contributed by atoms with Crippen molar-refractivity contribution < 1.29 is 23.5 Å². The van der Waals surface area contributed by atoms with Gasteiger partial charge in [-0.1, -0.05) is 36.8 Å². The molecule has 1 aliphatic rings. The van der Waals surface area contributed by atoms with Gasteiger partial charge in [-0.25, -0.2) is 9.78 Å². The van der Waals surface area contributed by atoms with Crippen LogP contribution in [0.3, 0.4) is 0 Å². The fourth-order valence-electron chi connectivity index (χ4n) is 4.50. The molecular weight excluding hydrogens is 469 g/mol. The predicted molar refractivity (Wildman–Crippen MR) is 133 cm³/mol. The van der Waals surface area contributed by atoms with Crippen molar-refractivity contribution in [1.29, 1.82) is 0 Å². The summed E-state index contributed by atoms with van der Waals surface area (Å²) in [5.41, 5.74) is -0.000275. The number of para-hydroxylation sites is 2. The monoisotopic (exact) mass is 499 g/mol. The molecule has 2 aromatic carbocycles. The summed E-state index contributed by atoms with van der Waals surface area (Å²) in [6, 6.07) is 16.0. The van der Waals surface area contributed by atoms with E-state index in [9.17, 15) is 19.0 Å². The number of benzene rings is 2. The van der Waals surface area contributed by atoms with Crippen LogP contribution in [-0.4, -0.2) is 51.2 Å². The fraction of sp³-hybridized carbons (Fsp3) is 0.400. The molecule has 0 saturated carbocycles. The smallest absolute Gasteiger partial charge is 0.385 e. The molecule has 0 aliphatic carbocycles. The van der Waals surface area contributed by atoms with E-state index in [2.05, 4.69) is 23.9 Å². The van der Waals surface area contributed by atoms with E-state index in [1.807, 2.05) is 0 Å². The molecule has 1 aromatic heterocycles. The van der Waals surface area contributed by atoms with Crippen molar-refractivity contribution in [2.24, 2.45) is 0 Å². The van der Waals surface area contributed by atoms with Crippen molar-refractivity contribution in [2.45, 2.75) is 51.2 Å². The Balaban J connectivity index is 1.55. The zero-order chi connectivity index (χ0) is 25.0. The van der Waals surface area contributed by atoms with Gasteiger partial charge < -0.3 is 19.1 Å². The van der Waals surface area contributed by atoms with Crippen molar-refractivity contribution in [3.05, 3.63) is 70.5 Å². The highest BCUT2D eigenvalue weighted by Gasteiger charge is 2.32. The summed E-state index contributed by atoms with van der Waals surface area (Å²) in [6.45, 7) is 1.78. The van der Waals surface area contributed by atoms with Crippen LogP contribution in [0.5, 0.6) is 0 Å². The van der Waals surface area contributed by atoms with Gasteiger partial charge in [0.1, 0.15) is 0 Å². The largest absolute Gasteiger partial charge is 0.434 e. The van der Waals surface area contributed by atoms with E-state index in [-0.39, 0.29) is 5.56 Å². The van der Waals surface area contributed by atoms with Gasteiger partial charge >= 0.3 is 13.6 Å². The Kier molecular flexibility index (Phi) is 7.82. The molecule has 2 heterocycles. The molecule has 1 saturated heterocycles. The number of carbonyl (C=O) groups excluding carboxylic acids is 1. The molecule has 10 heteroatoms. The molecule has 3 aromatic rings. The second-order valence-corrected chi connectivity index (χ2v) is 10.6. The topological polar surface area (TPSA) is 111 Å². The number of rotatable bonds is 8. The molecule has 9 nitrogen and oxygen atoms in total. The van der Waals surface area contributed by atoms with Gasteiger partial charge in [-0.2, -0.15) is 0 Å². The summed E-state index contributed by atoms with van der Waals surface area (Å²) in [4.78, 5) is 42.5. The first kappa shape index (κ1) is 25.3. The lowest BCUT2D eigenvalue weighted by molar-refractivity contribution is 0.0134. The van der Waals surface area contributed by atoms with E-state index < -0.39 is 31.4 Å². The minimum absolute atomic E-state index is 0.275. The number of hydrogen-bond acceptors (Lipinski definition) is 7. The molecule has 1 aliphatic heterocycles. The van der Waals surface area contributed by atoms with Crippen LogP contribution in [0, 0.1) is 0 Å². The number of fused-ring (bicyclic) bond motifs is 1. The molecule has 4 rings (SSSR count). The zero-order valence-corrected chi connectivity index (χ0v) is 20.8. The number of nitrogens with zero attached hydrogens (tertiary/aromatic N) is 3. The summed E-state index contributed by atoms with van der Waals surface area (Å²) in [5, 5.41) is 0. The van der Waals surface area contributed by atoms with Crippen molar-refractivity contribution in [3.8, 4) is 0 Å². The summed E-state index contributed by atoms with van der Waals surface area (Å²) in [5.74, 6) is -0.708. The molecule has 1 N–H and O–H groups in total. The Labute approximate surface area is 203 Å². The average Bonchev–Trinajstić information content (AvgIpc) is 2.85. The number of piperidine rings is 1. The Morgan fingerprint density at radius 2 is 1.86 bits per heavy atom. The molecule has 0 amide bonds. The van der Waals surface area contributed by atoms with Crippen LogP contribution < -0.4 is 11.0 Å². The van der Waals surface area contributed by atoms with E-state index in [1.165, 1.54) is 4.57 Å². The van der Waals surface area contributed by atoms with Gasteiger partial charge in [0.25, 0.3) is 5.56 Å². The lowest BCUT2D eigenvalue weighted by Gasteiger charge is -2.38. The number of aromatic nitrogens is 2. The van der Waals surface area contributed by atoms with Crippen LogP contribution >= 0.6 is 7.60 Å². The summed E-state index contributed by atoms with van der Waals surface area (Å²) in [6.07, 6.45) is 4.04. The molecule has 0 spiro atoms. The number of carbonyl (C=O) groups is 1. The van der Waals surface area contributed by atoms with Crippen LogP contribution in [0.25, 0.3) is 11.0 Å². The van der Waals surface area contributed by atoms with E-state index >= 15 is 0 Å². The third kappa shape index (κ3) is 5.70. The third-order valence-corrected chi connectivity index (χ3v) is 7.93. The molecular formula is C25H30N3O6P. The highest BCUT2D eigenvalue weighted by Crippen LogP contribution is 2.39. The van der Waals surface area contributed by atoms with Gasteiger partial charge in [0.05, 0.1) is 16.6 Å².